The van der Waals surface area contributed by atoms with Crippen LogP contribution in [0.3, 0.4) is 0 Å². The number of aromatic nitrogens is 3. The van der Waals surface area contributed by atoms with Gasteiger partial charge >= 0.3 is 0 Å². The maximum atomic E-state index is 11.9. The molecule has 1 aliphatic rings. The van der Waals surface area contributed by atoms with E-state index in [1.807, 2.05) is 36.4 Å². The number of amides is 1. The Hall–Kier alpha value is -2.04. The van der Waals surface area contributed by atoms with Crippen molar-refractivity contribution in [2.45, 2.75) is 52.7 Å². The van der Waals surface area contributed by atoms with Crippen molar-refractivity contribution in [3.05, 3.63) is 35.8 Å². The Labute approximate surface area is 125 Å². The van der Waals surface area contributed by atoms with Gasteiger partial charge < -0.3 is 9.47 Å². The molecule has 1 amide bonds. The fraction of sp³-hybridized carbons (Fsp3) is 0.500. The van der Waals surface area contributed by atoms with E-state index in [0.29, 0.717) is 19.5 Å². The minimum absolute atomic E-state index is 0.0937. The normalized spacial score (nSPS) is 14.6. The lowest BCUT2D eigenvalue weighted by Crippen LogP contribution is -2.29. The molecular formula is C16H22N4O. The molecule has 0 saturated carbocycles. The first-order chi connectivity index (χ1) is 9.91. The Morgan fingerprint density at radius 3 is 2.48 bits per heavy atom. The van der Waals surface area contributed by atoms with Gasteiger partial charge in [-0.05, 0) is 32.9 Å². The minimum Gasteiger partial charge on any atom is -0.332 e. The molecule has 0 aromatic carbocycles. The molecule has 5 heteroatoms. The van der Waals surface area contributed by atoms with E-state index >= 15 is 0 Å². The Kier molecular flexibility index (Phi) is 3.15. The van der Waals surface area contributed by atoms with Crippen LogP contribution < -0.4 is 0 Å². The highest BCUT2D eigenvalue weighted by atomic mass is 16.2. The molecule has 2 aromatic rings. The molecule has 1 aliphatic heterocycles. The summed E-state index contributed by atoms with van der Waals surface area (Å²) >= 11 is 0. The molecule has 0 fully saturated rings. The van der Waals surface area contributed by atoms with Crippen molar-refractivity contribution in [3.8, 4) is 5.82 Å². The van der Waals surface area contributed by atoms with Crippen molar-refractivity contribution < 1.29 is 4.79 Å². The number of nitrogens with zero attached hydrogens (tertiary/aromatic N) is 4. The van der Waals surface area contributed by atoms with E-state index in [2.05, 4.69) is 30.0 Å². The van der Waals surface area contributed by atoms with Gasteiger partial charge in [0.15, 0.2) is 0 Å². The van der Waals surface area contributed by atoms with Crippen LogP contribution in [-0.4, -0.2) is 25.2 Å². The van der Waals surface area contributed by atoms with Crippen LogP contribution in [0.2, 0.25) is 0 Å². The van der Waals surface area contributed by atoms with Gasteiger partial charge in [-0.3, -0.25) is 4.79 Å². The van der Waals surface area contributed by atoms with Crippen molar-refractivity contribution in [1.29, 1.82) is 0 Å². The Balaban J connectivity index is 2.08. The predicted molar refractivity (Wildman–Crippen MR) is 81.1 cm³/mol. The van der Waals surface area contributed by atoms with Crippen LogP contribution >= 0.6 is 0 Å². The van der Waals surface area contributed by atoms with Gasteiger partial charge in [0.1, 0.15) is 5.82 Å². The molecule has 3 heterocycles. The van der Waals surface area contributed by atoms with Crippen LogP contribution in [0.5, 0.6) is 0 Å². The highest BCUT2D eigenvalue weighted by Gasteiger charge is 2.32. The summed E-state index contributed by atoms with van der Waals surface area (Å²) in [6.45, 7) is 9.64. The van der Waals surface area contributed by atoms with Crippen LogP contribution in [-0.2, 0) is 23.4 Å². The van der Waals surface area contributed by atoms with Crippen LogP contribution in [0.25, 0.3) is 5.82 Å². The van der Waals surface area contributed by atoms with Gasteiger partial charge in [-0.15, -0.1) is 0 Å². The number of hydrogen-bond donors (Lipinski definition) is 0. The van der Waals surface area contributed by atoms with Crippen LogP contribution in [0.4, 0.5) is 0 Å². The lowest BCUT2D eigenvalue weighted by Gasteiger charge is -2.24. The van der Waals surface area contributed by atoms with Gasteiger partial charge in [-0.25, -0.2) is 4.68 Å². The number of rotatable bonds is 2. The van der Waals surface area contributed by atoms with Gasteiger partial charge in [0, 0.05) is 24.4 Å². The standard InChI is InChI=1S/C16H22N4O/c1-5-14(21)19-10-12-13(11-19)17-20(16(2,3)4)15(12)18-8-6-7-9-18/h6-9H,5,10-11H2,1-4H3. The molecule has 0 saturated heterocycles. The molecule has 21 heavy (non-hydrogen) atoms. The zero-order valence-electron chi connectivity index (χ0n) is 13.1. The molecule has 0 spiro atoms. The van der Waals surface area contributed by atoms with Crippen molar-refractivity contribution in [3.63, 3.8) is 0 Å². The third-order valence-corrected chi connectivity index (χ3v) is 3.87. The number of fused-ring (bicyclic) bond motifs is 1. The number of carbonyl (C=O) groups excluding carboxylic acids is 1. The summed E-state index contributed by atoms with van der Waals surface area (Å²) in [5.41, 5.74) is 2.10. The van der Waals surface area contributed by atoms with E-state index in [4.69, 9.17) is 5.10 Å². The third kappa shape index (κ3) is 2.26. The fourth-order valence-corrected chi connectivity index (χ4v) is 2.81. The maximum Gasteiger partial charge on any atom is 0.222 e. The number of carbonyl (C=O) groups is 1. The van der Waals surface area contributed by atoms with E-state index in [1.54, 1.807) is 0 Å². The zero-order chi connectivity index (χ0) is 15.2. The molecule has 5 nitrogen and oxygen atoms in total. The lowest BCUT2D eigenvalue weighted by atomic mass is 10.1. The zero-order valence-corrected chi connectivity index (χ0v) is 13.1. The second-order valence-corrected chi connectivity index (χ2v) is 6.53. The van der Waals surface area contributed by atoms with E-state index in [0.717, 1.165) is 11.5 Å². The molecule has 112 valence electrons. The summed E-state index contributed by atoms with van der Waals surface area (Å²) in [6, 6.07) is 4.02. The van der Waals surface area contributed by atoms with E-state index in [1.165, 1.54) is 5.56 Å². The lowest BCUT2D eigenvalue weighted by molar-refractivity contribution is -0.131. The molecule has 3 rings (SSSR count). The van der Waals surface area contributed by atoms with Gasteiger partial charge in [0.2, 0.25) is 5.91 Å². The number of hydrogen-bond acceptors (Lipinski definition) is 2. The fourth-order valence-electron chi connectivity index (χ4n) is 2.81. The molecular weight excluding hydrogens is 264 g/mol. The Bertz CT molecular complexity index is 661. The SMILES string of the molecule is CCC(=O)N1Cc2nn(C(C)(C)C)c(-n3cccc3)c2C1. The molecule has 0 aliphatic carbocycles. The van der Waals surface area contributed by atoms with E-state index in [9.17, 15) is 4.79 Å². The minimum atomic E-state index is -0.0937. The molecule has 0 bridgehead atoms. The molecule has 0 radical (unpaired) electrons. The molecule has 0 atom stereocenters. The first-order valence-corrected chi connectivity index (χ1v) is 7.44. The monoisotopic (exact) mass is 286 g/mol. The largest absolute Gasteiger partial charge is 0.332 e. The first kappa shape index (κ1) is 13.9. The topological polar surface area (TPSA) is 43.1 Å². The van der Waals surface area contributed by atoms with E-state index < -0.39 is 0 Å². The average molecular weight is 286 g/mol. The second-order valence-electron chi connectivity index (χ2n) is 6.53. The maximum absolute atomic E-state index is 11.9. The third-order valence-electron chi connectivity index (χ3n) is 3.87. The van der Waals surface area contributed by atoms with Crippen molar-refractivity contribution in [1.82, 2.24) is 19.2 Å². The highest BCUT2D eigenvalue weighted by Crippen LogP contribution is 2.32. The highest BCUT2D eigenvalue weighted by molar-refractivity contribution is 5.76. The van der Waals surface area contributed by atoms with Gasteiger partial charge in [0.25, 0.3) is 0 Å². The summed E-state index contributed by atoms with van der Waals surface area (Å²) < 4.78 is 4.17. The van der Waals surface area contributed by atoms with Crippen LogP contribution in [0, 0.1) is 0 Å². The predicted octanol–water partition coefficient (Wildman–Crippen LogP) is 2.68. The van der Waals surface area contributed by atoms with Gasteiger partial charge in [-0.2, -0.15) is 5.10 Å². The molecule has 2 aromatic heterocycles. The van der Waals surface area contributed by atoms with Crippen molar-refractivity contribution in [2.24, 2.45) is 0 Å². The van der Waals surface area contributed by atoms with Gasteiger partial charge in [0.05, 0.1) is 24.3 Å². The van der Waals surface area contributed by atoms with Gasteiger partial charge in [-0.1, -0.05) is 6.92 Å². The summed E-state index contributed by atoms with van der Waals surface area (Å²) in [5.74, 6) is 1.27. The summed E-state index contributed by atoms with van der Waals surface area (Å²) in [7, 11) is 0. The smallest absolute Gasteiger partial charge is 0.222 e. The molecule has 0 N–H and O–H groups in total. The quantitative estimate of drug-likeness (QED) is 0.852. The van der Waals surface area contributed by atoms with Crippen LogP contribution in [0.1, 0.15) is 45.4 Å². The summed E-state index contributed by atoms with van der Waals surface area (Å²) in [6.07, 6.45) is 4.61. The first-order valence-electron chi connectivity index (χ1n) is 7.44. The van der Waals surface area contributed by atoms with Crippen molar-refractivity contribution in [2.75, 3.05) is 0 Å². The van der Waals surface area contributed by atoms with E-state index in [-0.39, 0.29) is 11.4 Å². The van der Waals surface area contributed by atoms with Crippen molar-refractivity contribution >= 4 is 5.91 Å². The Morgan fingerprint density at radius 2 is 1.90 bits per heavy atom. The Morgan fingerprint density at radius 1 is 1.24 bits per heavy atom. The average Bonchev–Trinajstić information content (AvgIpc) is 3.10. The summed E-state index contributed by atoms with van der Waals surface area (Å²) in [4.78, 5) is 13.8. The summed E-state index contributed by atoms with van der Waals surface area (Å²) in [5, 5.41) is 4.79. The van der Waals surface area contributed by atoms with Crippen LogP contribution in [0.15, 0.2) is 24.5 Å². The molecule has 0 unspecified atom stereocenters. The second kappa shape index (κ2) is 4.76.